The van der Waals surface area contributed by atoms with Crippen LogP contribution in [0, 0.1) is 0 Å². The van der Waals surface area contributed by atoms with Gasteiger partial charge in [-0.2, -0.15) is 13.2 Å². The number of benzene rings is 1. The van der Waals surface area contributed by atoms with E-state index in [2.05, 4.69) is 32.2 Å². The minimum absolute atomic E-state index is 0.0142. The van der Waals surface area contributed by atoms with Gasteiger partial charge in [-0.15, -0.1) is 20.4 Å². The molecule has 16 heteroatoms. The molecule has 210 valence electrons. The smallest absolute Gasteiger partial charge is 0.404 e. The minimum atomic E-state index is -4.93. The van der Waals surface area contributed by atoms with E-state index < -0.39 is 27.9 Å². The van der Waals surface area contributed by atoms with Crippen LogP contribution in [0.25, 0.3) is 0 Å². The number of ether oxygens (including phenoxy) is 2. The van der Waals surface area contributed by atoms with Crippen LogP contribution in [0.3, 0.4) is 0 Å². The number of carbonyl (C=O) groups excluding carboxylic acids is 1. The first-order chi connectivity index (χ1) is 18.0. The molecule has 0 radical (unpaired) electrons. The monoisotopic (exact) mass is 578 g/mol. The minimum Gasteiger partial charge on any atom is -0.458 e. The molecule has 1 aromatic carbocycles. The van der Waals surface area contributed by atoms with Gasteiger partial charge in [0.15, 0.2) is 5.75 Å². The van der Waals surface area contributed by atoms with Gasteiger partial charge in [-0.25, -0.2) is 13.2 Å². The highest BCUT2D eigenvalue weighted by molar-refractivity contribution is 7.92. The molecule has 0 bridgehead atoms. The van der Waals surface area contributed by atoms with Gasteiger partial charge in [-0.1, -0.05) is 25.2 Å². The van der Waals surface area contributed by atoms with Crippen LogP contribution in [-0.2, 0) is 25.9 Å². The third-order valence-corrected chi connectivity index (χ3v) is 7.63. The normalized spacial score (nSPS) is 16.1. The number of rotatable bonds is 12. The first-order valence-corrected chi connectivity index (χ1v) is 14.3. The fraction of sp³-hybridized carbons (Fsp3) is 0.591. The molecule has 0 aliphatic carbocycles. The topological polar surface area (TPSA) is 135 Å². The van der Waals surface area contributed by atoms with E-state index in [1.54, 1.807) is 6.07 Å². The second kappa shape index (κ2) is 12.8. The maximum Gasteiger partial charge on any atom is 0.404 e. The van der Waals surface area contributed by atoms with Crippen LogP contribution in [0.5, 0.6) is 0 Å². The third kappa shape index (κ3) is 8.07. The van der Waals surface area contributed by atoms with Crippen molar-refractivity contribution < 1.29 is 35.9 Å². The first-order valence-electron chi connectivity index (χ1n) is 11.9. The summed E-state index contributed by atoms with van der Waals surface area (Å²) in [5.41, 5.74) is 1.49. The van der Waals surface area contributed by atoms with Crippen molar-refractivity contribution in [3.63, 3.8) is 0 Å². The molecule has 38 heavy (non-hydrogen) atoms. The van der Waals surface area contributed by atoms with Crippen LogP contribution in [0.15, 0.2) is 22.4 Å². The second-order valence-electron chi connectivity index (χ2n) is 8.49. The molecule has 11 nitrogen and oxygen atoms in total. The Kier molecular flexibility index (Phi) is 10.0. The van der Waals surface area contributed by atoms with Crippen LogP contribution in [-0.4, -0.2) is 69.4 Å². The summed E-state index contributed by atoms with van der Waals surface area (Å²) in [6, 6.07) is 3.34. The van der Waals surface area contributed by atoms with E-state index in [1.165, 1.54) is 13.2 Å². The van der Waals surface area contributed by atoms with E-state index in [9.17, 15) is 26.4 Å². The Bertz CT molecular complexity index is 1250. The molecule has 0 saturated carbocycles. The number of nitrogens with one attached hydrogen (secondary N) is 1. The van der Waals surface area contributed by atoms with Gasteiger partial charge in [-0.05, 0) is 43.4 Å². The first kappa shape index (κ1) is 29.7. The Labute approximate surface area is 222 Å². The molecular formula is C22H29F3N6O5S2. The van der Waals surface area contributed by atoms with Crippen LogP contribution >= 0.6 is 11.3 Å². The zero-order valence-electron chi connectivity index (χ0n) is 21.1. The molecule has 1 aromatic heterocycles. The number of anilines is 2. The van der Waals surface area contributed by atoms with E-state index in [0.29, 0.717) is 13.0 Å². The van der Waals surface area contributed by atoms with Gasteiger partial charge in [-0.3, -0.25) is 4.72 Å². The van der Waals surface area contributed by atoms with Gasteiger partial charge < -0.3 is 14.4 Å². The number of halogens is 3. The van der Waals surface area contributed by atoms with Crippen molar-refractivity contribution in [2.24, 2.45) is 10.2 Å². The van der Waals surface area contributed by atoms with Gasteiger partial charge in [0.1, 0.15) is 12.3 Å². The Hall–Kier alpha value is -2.85. The molecular weight excluding hydrogens is 549 g/mol. The zero-order valence-corrected chi connectivity index (χ0v) is 22.7. The number of hydrogen-bond donors (Lipinski definition) is 1. The second-order valence-corrected chi connectivity index (χ2v) is 11.2. The summed E-state index contributed by atoms with van der Waals surface area (Å²) >= 11 is 0.791. The molecule has 2 aromatic rings. The van der Waals surface area contributed by atoms with Gasteiger partial charge in [0.2, 0.25) is 15.0 Å². The van der Waals surface area contributed by atoms with E-state index in [4.69, 9.17) is 9.47 Å². The number of alkyl halides is 3. The van der Waals surface area contributed by atoms with Crippen molar-refractivity contribution in [3.8, 4) is 0 Å². The van der Waals surface area contributed by atoms with E-state index in [1.807, 2.05) is 11.6 Å². The van der Waals surface area contributed by atoms with Gasteiger partial charge in [0, 0.05) is 25.4 Å². The fourth-order valence-electron chi connectivity index (χ4n) is 4.03. The van der Waals surface area contributed by atoms with Crippen molar-refractivity contribution in [2.45, 2.75) is 51.7 Å². The Morgan fingerprint density at radius 2 is 2.00 bits per heavy atom. The van der Waals surface area contributed by atoms with E-state index in [-0.39, 0.29) is 40.8 Å². The van der Waals surface area contributed by atoms with Gasteiger partial charge in [0.25, 0.3) is 5.13 Å². The van der Waals surface area contributed by atoms with Gasteiger partial charge in [0.05, 0.1) is 12.3 Å². The van der Waals surface area contributed by atoms with Crippen LogP contribution < -0.4 is 9.62 Å². The van der Waals surface area contributed by atoms with Crippen molar-refractivity contribution in [2.75, 3.05) is 42.2 Å². The lowest BCUT2D eigenvalue weighted by Gasteiger charge is -2.39. The molecule has 2 heterocycles. The largest absolute Gasteiger partial charge is 0.458 e. The van der Waals surface area contributed by atoms with Crippen LogP contribution in [0.4, 0.5) is 35.4 Å². The number of methoxy groups -OCH3 is 1. The van der Waals surface area contributed by atoms with Crippen molar-refractivity contribution >= 4 is 49.5 Å². The molecule has 1 aliphatic rings. The zero-order chi connectivity index (χ0) is 27.9. The third-order valence-electron chi connectivity index (χ3n) is 5.60. The van der Waals surface area contributed by atoms with Crippen molar-refractivity contribution in [3.05, 3.63) is 22.7 Å². The summed E-state index contributed by atoms with van der Waals surface area (Å²) < 4.78 is 75.1. The summed E-state index contributed by atoms with van der Waals surface area (Å²) in [6.45, 7) is 5.00. The van der Waals surface area contributed by atoms with Crippen LogP contribution in [0.1, 0.15) is 48.5 Å². The number of aryl methyl sites for hydroxylation is 1. The highest BCUT2D eigenvalue weighted by atomic mass is 32.2. The molecule has 3 rings (SSSR count). The summed E-state index contributed by atoms with van der Waals surface area (Å²) in [4.78, 5) is 14.2. The molecule has 1 atom stereocenters. The average Bonchev–Trinajstić information content (AvgIpc) is 3.31. The number of fused-ring (bicyclic) bond motifs is 1. The predicted octanol–water partition coefficient (Wildman–Crippen LogP) is 5.00. The molecule has 1 unspecified atom stereocenters. The number of azo groups is 1. The molecule has 0 saturated heterocycles. The lowest BCUT2D eigenvalue weighted by Crippen LogP contribution is -2.39. The van der Waals surface area contributed by atoms with Crippen molar-refractivity contribution in [1.82, 2.24) is 10.2 Å². The summed E-state index contributed by atoms with van der Waals surface area (Å²) in [7, 11) is -3.33. The number of hydrogen-bond acceptors (Lipinski definition) is 11. The van der Waals surface area contributed by atoms with E-state index in [0.717, 1.165) is 41.9 Å². The highest BCUT2D eigenvalue weighted by Gasteiger charge is 2.36. The predicted molar refractivity (Wildman–Crippen MR) is 136 cm³/mol. The lowest BCUT2D eigenvalue weighted by molar-refractivity contribution is -0.106. The number of carbonyl (C=O) groups is 1. The fourth-order valence-corrected chi connectivity index (χ4v) is 5.59. The number of aromatic nitrogens is 2. The standard InChI is InChI=1S/C22H29F3N6O5S2/c1-4-8-31-15(5-2)7-6-14-11-16(17(12-18(14)31)30-38(33,34)13-22(23,24)25)26-28-21-29-27-19(37-21)20(32)36-10-9-35-3/h11-12,15,30H,4-10,13H2,1-3H3. The van der Waals surface area contributed by atoms with Crippen molar-refractivity contribution in [1.29, 1.82) is 0 Å². The average molecular weight is 579 g/mol. The highest BCUT2D eigenvalue weighted by Crippen LogP contribution is 2.40. The number of nitrogens with zero attached hydrogens (tertiary/aromatic N) is 5. The SMILES string of the molecule is CCCN1c2cc(NS(=O)(=O)CC(F)(F)F)c(N=Nc3nnc(C(=O)OCCOC)s3)cc2CCC1CC. The molecule has 0 spiro atoms. The maximum absolute atomic E-state index is 12.9. The number of esters is 1. The maximum atomic E-state index is 12.9. The molecule has 0 amide bonds. The van der Waals surface area contributed by atoms with Gasteiger partial charge >= 0.3 is 12.1 Å². The summed E-state index contributed by atoms with van der Waals surface area (Å²) in [6.07, 6.45) is -1.68. The molecule has 1 aliphatic heterocycles. The Morgan fingerprint density at radius 3 is 2.66 bits per heavy atom. The Balaban J connectivity index is 1.96. The molecule has 1 N–H and O–H groups in total. The molecule has 0 fully saturated rings. The van der Waals surface area contributed by atoms with Crippen LogP contribution in [0.2, 0.25) is 0 Å². The summed E-state index contributed by atoms with van der Waals surface area (Å²) in [5, 5.41) is 15.4. The lowest BCUT2D eigenvalue weighted by atomic mass is 9.93. The Morgan fingerprint density at radius 1 is 1.24 bits per heavy atom. The quantitative estimate of drug-likeness (QED) is 0.211. The summed E-state index contributed by atoms with van der Waals surface area (Å²) in [5.74, 6) is -2.77. The van der Waals surface area contributed by atoms with E-state index >= 15 is 0 Å². The number of sulfonamides is 1.